The van der Waals surface area contributed by atoms with E-state index in [-0.39, 0.29) is 17.5 Å². The molecule has 0 aliphatic carbocycles. The third kappa shape index (κ3) is 3.31. The van der Waals surface area contributed by atoms with Gasteiger partial charge in [0.25, 0.3) is 0 Å². The highest BCUT2D eigenvalue weighted by Crippen LogP contribution is 2.28. The molecule has 1 aromatic heterocycles. The first-order valence-electron chi connectivity index (χ1n) is 6.50. The molecule has 0 fully saturated rings. The van der Waals surface area contributed by atoms with Crippen LogP contribution in [0.2, 0.25) is 0 Å². The molecule has 0 aliphatic heterocycles. The molecule has 1 atom stereocenters. The maximum Gasteiger partial charge on any atom is 0.161 e. The Hall–Kier alpha value is -1.98. The first kappa shape index (κ1) is 14.4. The van der Waals surface area contributed by atoms with Crippen molar-refractivity contribution in [3.63, 3.8) is 0 Å². The lowest BCUT2D eigenvalue weighted by Gasteiger charge is -2.22. The molecule has 5 heteroatoms. The van der Waals surface area contributed by atoms with Crippen molar-refractivity contribution in [3.8, 4) is 11.5 Å². The highest BCUT2D eigenvalue weighted by atomic mass is 16.3. The van der Waals surface area contributed by atoms with E-state index in [4.69, 9.17) is 4.42 Å². The molecule has 0 spiro atoms. The first-order valence-corrected chi connectivity index (χ1v) is 6.50. The zero-order chi connectivity index (χ0) is 14.5. The molecule has 1 unspecified atom stereocenters. The number of phenolic OH excluding ortho intramolecular Hbond substituents is 2. The number of nitrogens with one attached hydrogen (secondary N) is 1. The van der Waals surface area contributed by atoms with Gasteiger partial charge in [-0.1, -0.05) is 12.1 Å². The van der Waals surface area contributed by atoms with E-state index in [1.807, 2.05) is 26.2 Å². The van der Waals surface area contributed by atoms with E-state index in [9.17, 15) is 10.2 Å². The predicted octanol–water partition coefficient (Wildman–Crippen LogP) is 2.08. The molecule has 1 heterocycles. The van der Waals surface area contributed by atoms with Crippen molar-refractivity contribution >= 4 is 0 Å². The summed E-state index contributed by atoms with van der Waals surface area (Å²) in [6.45, 7) is 1.15. The van der Waals surface area contributed by atoms with Crippen LogP contribution >= 0.6 is 0 Å². The second kappa shape index (κ2) is 6.45. The number of aromatic hydroxyl groups is 2. The highest BCUT2D eigenvalue weighted by Gasteiger charge is 2.16. The van der Waals surface area contributed by atoms with Crippen molar-refractivity contribution in [3.05, 3.63) is 47.9 Å². The minimum absolute atomic E-state index is 0.0700. The zero-order valence-electron chi connectivity index (χ0n) is 11.7. The Balaban J connectivity index is 1.96. The van der Waals surface area contributed by atoms with Gasteiger partial charge in [-0.25, -0.2) is 0 Å². The number of benzene rings is 1. The fraction of sp³-hybridized carbons (Fsp3) is 0.333. The summed E-state index contributed by atoms with van der Waals surface area (Å²) in [6, 6.07) is 8.88. The molecular weight excluding hydrogens is 256 g/mol. The van der Waals surface area contributed by atoms with Crippen molar-refractivity contribution < 1.29 is 14.6 Å². The van der Waals surface area contributed by atoms with Crippen molar-refractivity contribution in [1.29, 1.82) is 0 Å². The highest BCUT2D eigenvalue weighted by molar-refractivity contribution is 5.44. The Bertz CT molecular complexity index is 538. The van der Waals surface area contributed by atoms with E-state index >= 15 is 0 Å². The summed E-state index contributed by atoms with van der Waals surface area (Å²) < 4.78 is 5.43. The summed E-state index contributed by atoms with van der Waals surface area (Å²) in [5.74, 6) is 0.724. The average molecular weight is 276 g/mol. The fourth-order valence-electron chi connectivity index (χ4n) is 2.08. The first-order chi connectivity index (χ1) is 9.59. The number of nitrogens with zero attached hydrogens (tertiary/aromatic N) is 1. The Morgan fingerprint density at radius 3 is 2.65 bits per heavy atom. The van der Waals surface area contributed by atoms with Crippen LogP contribution in [0.25, 0.3) is 0 Å². The molecule has 2 rings (SSSR count). The van der Waals surface area contributed by atoms with Crippen molar-refractivity contribution in [2.75, 3.05) is 20.6 Å². The van der Waals surface area contributed by atoms with Crippen LogP contribution in [0, 0.1) is 0 Å². The van der Waals surface area contributed by atoms with Gasteiger partial charge >= 0.3 is 0 Å². The zero-order valence-corrected chi connectivity index (χ0v) is 11.7. The molecule has 20 heavy (non-hydrogen) atoms. The van der Waals surface area contributed by atoms with Gasteiger partial charge in [-0.3, -0.25) is 4.90 Å². The smallest absolute Gasteiger partial charge is 0.161 e. The normalized spacial score (nSPS) is 12.8. The number of hydrogen-bond acceptors (Lipinski definition) is 5. The fourth-order valence-corrected chi connectivity index (χ4v) is 2.08. The number of phenols is 2. The van der Waals surface area contributed by atoms with Crippen molar-refractivity contribution in [2.45, 2.75) is 12.6 Å². The number of hydrogen-bond donors (Lipinski definition) is 3. The van der Waals surface area contributed by atoms with Crippen LogP contribution in [0.1, 0.15) is 17.4 Å². The Morgan fingerprint density at radius 1 is 1.20 bits per heavy atom. The standard InChI is InChI=1S/C15H20N2O3/c1-17(2)12(14-7-4-8-20-14)10-16-9-11-5-3-6-13(18)15(11)19/h3-8,12,16,18-19H,9-10H2,1-2H3. The van der Waals surface area contributed by atoms with Gasteiger partial charge in [0.15, 0.2) is 11.5 Å². The number of rotatable bonds is 6. The van der Waals surface area contributed by atoms with Crippen molar-refractivity contribution in [1.82, 2.24) is 10.2 Å². The summed E-state index contributed by atoms with van der Waals surface area (Å²) in [7, 11) is 3.97. The van der Waals surface area contributed by atoms with E-state index in [0.717, 1.165) is 5.76 Å². The van der Waals surface area contributed by atoms with E-state index in [1.54, 1.807) is 18.4 Å². The number of furan rings is 1. The predicted molar refractivity (Wildman–Crippen MR) is 76.6 cm³/mol. The van der Waals surface area contributed by atoms with E-state index in [0.29, 0.717) is 18.7 Å². The molecule has 0 saturated heterocycles. The van der Waals surface area contributed by atoms with Gasteiger partial charge in [-0.05, 0) is 32.3 Å². The van der Waals surface area contributed by atoms with Crippen LogP contribution in [0.3, 0.4) is 0 Å². The van der Waals surface area contributed by atoms with Gasteiger partial charge in [0.2, 0.25) is 0 Å². The third-order valence-electron chi connectivity index (χ3n) is 3.25. The van der Waals surface area contributed by atoms with E-state index < -0.39 is 0 Å². The van der Waals surface area contributed by atoms with E-state index in [1.165, 1.54) is 6.07 Å². The largest absolute Gasteiger partial charge is 0.504 e. The molecule has 108 valence electrons. The van der Waals surface area contributed by atoms with Gasteiger partial charge in [0.1, 0.15) is 5.76 Å². The van der Waals surface area contributed by atoms with Gasteiger partial charge in [-0.2, -0.15) is 0 Å². The average Bonchev–Trinajstić information content (AvgIpc) is 2.92. The Morgan fingerprint density at radius 2 is 2.00 bits per heavy atom. The molecule has 5 nitrogen and oxygen atoms in total. The molecule has 3 N–H and O–H groups in total. The Labute approximate surface area is 118 Å². The van der Waals surface area contributed by atoms with E-state index in [2.05, 4.69) is 10.2 Å². The topological polar surface area (TPSA) is 68.9 Å². The number of para-hydroxylation sites is 1. The minimum Gasteiger partial charge on any atom is -0.504 e. The van der Waals surface area contributed by atoms with Gasteiger partial charge in [0.05, 0.1) is 12.3 Å². The molecule has 0 amide bonds. The second-order valence-electron chi connectivity index (χ2n) is 4.91. The van der Waals surface area contributed by atoms with Crippen molar-refractivity contribution in [2.24, 2.45) is 0 Å². The van der Waals surface area contributed by atoms with Gasteiger partial charge < -0.3 is 19.9 Å². The SMILES string of the molecule is CN(C)C(CNCc1cccc(O)c1O)c1ccco1. The molecule has 2 aromatic rings. The van der Waals surface area contributed by atoms with Crippen LogP contribution < -0.4 is 5.32 Å². The third-order valence-corrected chi connectivity index (χ3v) is 3.25. The molecule has 0 bridgehead atoms. The lowest BCUT2D eigenvalue weighted by atomic mass is 10.1. The maximum atomic E-state index is 9.74. The number of likely N-dealkylation sites (N-methyl/N-ethyl adjacent to an activating group) is 1. The Kier molecular flexibility index (Phi) is 4.65. The maximum absolute atomic E-state index is 9.74. The molecule has 1 aromatic carbocycles. The van der Waals surface area contributed by atoms with Crippen LogP contribution in [0.15, 0.2) is 41.0 Å². The monoisotopic (exact) mass is 276 g/mol. The summed E-state index contributed by atoms with van der Waals surface area (Å²) in [5.41, 5.74) is 0.668. The quantitative estimate of drug-likeness (QED) is 0.705. The molecule has 0 saturated carbocycles. The summed E-state index contributed by atoms with van der Waals surface area (Å²) >= 11 is 0. The van der Waals surface area contributed by atoms with Crippen LogP contribution in [0.5, 0.6) is 11.5 Å². The van der Waals surface area contributed by atoms with Gasteiger partial charge in [-0.15, -0.1) is 0 Å². The molecule has 0 aliphatic rings. The summed E-state index contributed by atoms with van der Waals surface area (Å²) in [5, 5.41) is 22.4. The lowest BCUT2D eigenvalue weighted by Crippen LogP contribution is -2.30. The van der Waals surface area contributed by atoms with Crippen LogP contribution in [-0.4, -0.2) is 35.8 Å². The van der Waals surface area contributed by atoms with Crippen LogP contribution in [0.4, 0.5) is 0 Å². The molecular formula is C15H20N2O3. The van der Waals surface area contributed by atoms with Gasteiger partial charge in [0, 0.05) is 18.7 Å². The summed E-state index contributed by atoms with van der Waals surface area (Å²) in [4.78, 5) is 2.06. The lowest BCUT2D eigenvalue weighted by molar-refractivity contribution is 0.250. The summed E-state index contributed by atoms with van der Waals surface area (Å²) in [6.07, 6.45) is 1.66. The minimum atomic E-state index is -0.0977. The second-order valence-corrected chi connectivity index (χ2v) is 4.91. The van der Waals surface area contributed by atoms with Crippen LogP contribution in [-0.2, 0) is 6.54 Å². The molecule has 0 radical (unpaired) electrons.